The van der Waals surface area contributed by atoms with Crippen molar-refractivity contribution in [3.05, 3.63) is 95.0 Å². The van der Waals surface area contributed by atoms with Crippen molar-refractivity contribution in [1.82, 2.24) is 10.2 Å². The maximum absolute atomic E-state index is 14.0. The quantitative estimate of drug-likeness (QED) is 0.306. The number of sulfonamides is 1. The van der Waals surface area contributed by atoms with Gasteiger partial charge in [0.05, 0.1) is 10.6 Å². The molecule has 2 amide bonds. The minimum Gasteiger partial charge on any atom is -0.354 e. The highest BCUT2D eigenvalue weighted by molar-refractivity contribution is 7.92. The number of benzene rings is 3. The van der Waals surface area contributed by atoms with Crippen LogP contribution < -0.4 is 9.62 Å². The molecule has 0 aromatic heterocycles. The van der Waals surface area contributed by atoms with Crippen molar-refractivity contribution in [1.29, 1.82) is 0 Å². The molecule has 3 aromatic carbocycles. The Morgan fingerprint density at radius 2 is 1.64 bits per heavy atom. The molecule has 7 nitrogen and oxygen atoms in total. The molecule has 1 atom stereocenters. The van der Waals surface area contributed by atoms with Crippen LogP contribution in [0.4, 0.5) is 5.69 Å². The van der Waals surface area contributed by atoms with Crippen LogP contribution in [0, 0.1) is 6.92 Å². The molecular weight excluding hydrogens is 534 g/mol. The van der Waals surface area contributed by atoms with Crippen LogP contribution in [0.25, 0.3) is 0 Å². The second kappa shape index (κ2) is 14.1. The molecule has 1 N–H and O–H groups in total. The fourth-order valence-electron chi connectivity index (χ4n) is 4.26. The maximum atomic E-state index is 14.0. The third kappa shape index (κ3) is 8.07. The first-order valence-corrected chi connectivity index (χ1v) is 14.9. The van der Waals surface area contributed by atoms with Gasteiger partial charge >= 0.3 is 0 Å². The summed E-state index contributed by atoms with van der Waals surface area (Å²) in [5.74, 6) is -0.725. The van der Waals surface area contributed by atoms with Crippen LogP contribution >= 0.6 is 11.6 Å². The summed E-state index contributed by atoms with van der Waals surface area (Å²) in [5, 5.41) is 3.23. The molecule has 0 saturated carbocycles. The second-order valence-corrected chi connectivity index (χ2v) is 11.6. The van der Waals surface area contributed by atoms with Gasteiger partial charge in [-0.05, 0) is 62.1 Å². The van der Waals surface area contributed by atoms with Gasteiger partial charge in [0, 0.05) is 18.1 Å². The lowest BCUT2D eigenvalue weighted by Gasteiger charge is -2.33. The smallest absolute Gasteiger partial charge is 0.264 e. The summed E-state index contributed by atoms with van der Waals surface area (Å²) in [5.41, 5.74) is 2.19. The molecule has 0 unspecified atom stereocenters. The summed E-state index contributed by atoms with van der Waals surface area (Å²) in [6.07, 6.45) is 1.67. The molecule has 0 aliphatic carbocycles. The summed E-state index contributed by atoms with van der Waals surface area (Å²) in [6.45, 7) is 5.94. The largest absolute Gasteiger partial charge is 0.354 e. The summed E-state index contributed by atoms with van der Waals surface area (Å²) >= 11 is 6.22. The standard InChI is InChI=1S/C30H36ClN3O4S/c1-4-19-32-30(36)28(5-2)33(20-18-24-10-7-6-8-11-24)29(35)22-34(26-13-9-12-25(31)21-26)39(37,38)27-16-14-23(3)15-17-27/h6-17,21,28H,4-5,18-20,22H2,1-3H3,(H,32,36)/t28-/m1/s1. The van der Waals surface area contributed by atoms with Gasteiger partial charge in [-0.25, -0.2) is 8.42 Å². The zero-order valence-corrected chi connectivity index (χ0v) is 24.2. The summed E-state index contributed by atoms with van der Waals surface area (Å²) in [6, 6.07) is 21.8. The Morgan fingerprint density at radius 3 is 2.26 bits per heavy atom. The van der Waals surface area contributed by atoms with Crippen molar-refractivity contribution in [3.8, 4) is 0 Å². The first kappa shape index (κ1) is 30.2. The Kier molecular flexibility index (Phi) is 10.9. The van der Waals surface area contributed by atoms with Crippen LogP contribution in [-0.4, -0.2) is 50.8 Å². The fourth-order valence-corrected chi connectivity index (χ4v) is 5.85. The average molecular weight is 570 g/mol. The van der Waals surface area contributed by atoms with Gasteiger partial charge in [-0.2, -0.15) is 0 Å². The van der Waals surface area contributed by atoms with Crippen LogP contribution in [0.1, 0.15) is 37.8 Å². The normalized spacial score (nSPS) is 12.0. The van der Waals surface area contributed by atoms with E-state index in [4.69, 9.17) is 11.6 Å². The molecular formula is C30H36ClN3O4S. The van der Waals surface area contributed by atoms with E-state index in [-0.39, 0.29) is 23.0 Å². The average Bonchev–Trinajstić information content (AvgIpc) is 2.93. The number of aryl methyl sites for hydroxylation is 1. The van der Waals surface area contributed by atoms with Crippen molar-refractivity contribution in [3.63, 3.8) is 0 Å². The van der Waals surface area contributed by atoms with Crippen LogP contribution in [0.15, 0.2) is 83.8 Å². The van der Waals surface area contributed by atoms with Gasteiger partial charge in [0.2, 0.25) is 11.8 Å². The number of carbonyl (C=O) groups is 2. The van der Waals surface area contributed by atoms with E-state index in [1.54, 1.807) is 30.3 Å². The predicted molar refractivity (Wildman–Crippen MR) is 156 cm³/mol. The van der Waals surface area contributed by atoms with E-state index in [0.717, 1.165) is 21.9 Å². The predicted octanol–water partition coefficient (Wildman–Crippen LogP) is 5.22. The Morgan fingerprint density at radius 1 is 0.949 bits per heavy atom. The Hall–Kier alpha value is -3.36. The molecule has 208 valence electrons. The molecule has 0 heterocycles. The molecule has 3 aromatic rings. The third-order valence-electron chi connectivity index (χ3n) is 6.40. The van der Waals surface area contributed by atoms with Gasteiger partial charge < -0.3 is 10.2 Å². The van der Waals surface area contributed by atoms with E-state index in [9.17, 15) is 18.0 Å². The molecule has 0 spiro atoms. The van der Waals surface area contributed by atoms with Gasteiger partial charge in [0.1, 0.15) is 12.6 Å². The van der Waals surface area contributed by atoms with E-state index in [0.29, 0.717) is 24.4 Å². The topological polar surface area (TPSA) is 86.8 Å². The molecule has 3 rings (SSSR count). The van der Waals surface area contributed by atoms with E-state index < -0.39 is 28.5 Å². The third-order valence-corrected chi connectivity index (χ3v) is 8.43. The first-order chi connectivity index (χ1) is 18.7. The van der Waals surface area contributed by atoms with Crippen molar-refractivity contribution >= 4 is 39.1 Å². The SMILES string of the molecule is CCCNC(=O)[C@@H](CC)N(CCc1ccccc1)C(=O)CN(c1cccc(Cl)c1)S(=O)(=O)c1ccc(C)cc1. The number of carbonyl (C=O) groups excluding carboxylic acids is 2. The minimum atomic E-state index is -4.12. The molecule has 0 bridgehead atoms. The Bertz CT molecular complexity index is 1350. The minimum absolute atomic E-state index is 0.0597. The molecule has 0 aliphatic rings. The summed E-state index contributed by atoms with van der Waals surface area (Å²) in [4.78, 5) is 28.6. The van der Waals surface area contributed by atoms with Gasteiger partial charge in [0.15, 0.2) is 0 Å². The van der Waals surface area contributed by atoms with Gasteiger partial charge in [-0.15, -0.1) is 0 Å². The van der Waals surface area contributed by atoms with E-state index in [2.05, 4.69) is 5.32 Å². The lowest BCUT2D eigenvalue weighted by atomic mass is 10.1. The van der Waals surface area contributed by atoms with Crippen molar-refractivity contribution in [2.45, 2.75) is 51.0 Å². The molecule has 39 heavy (non-hydrogen) atoms. The zero-order valence-electron chi connectivity index (χ0n) is 22.6. The highest BCUT2D eigenvalue weighted by Gasteiger charge is 2.33. The number of rotatable bonds is 13. The number of hydrogen-bond donors (Lipinski definition) is 1. The number of nitrogens with zero attached hydrogens (tertiary/aromatic N) is 2. The highest BCUT2D eigenvalue weighted by Crippen LogP contribution is 2.27. The molecule has 0 aliphatic heterocycles. The highest BCUT2D eigenvalue weighted by atomic mass is 35.5. The number of nitrogens with one attached hydrogen (secondary N) is 1. The van der Waals surface area contributed by atoms with Crippen molar-refractivity contribution in [2.24, 2.45) is 0 Å². The zero-order chi connectivity index (χ0) is 28.4. The van der Waals surface area contributed by atoms with Crippen LogP contribution in [0.3, 0.4) is 0 Å². The number of amides is 2. The summed E-state index contributed by atoms with van der Waals surface area (Å²) in [7, 11) is -4.12. The number of anilines is 1. The fraction of sp³-hybridized carbons (Fsp3) is 0.333. The van der Waals surface area contributed by atoms with Crippen LogP contribution in [0.2, 0.25) is 5.02 Å². The van der Waals surface area contributed by atoms with Crippen LogP contribution in [-0.2, 0) is 26.0 Å². The molecule has 0 fully saturated rings. The number of hydrogen-bond acceptors (Lipinski definition) is 4. The monoisotopic (exact) mass is 569 g/mol. The van der Waals surface area contributed by atoms with Gasteiger partial charge in [-0.1, -0.05) is 79.5 Å². The second-order valence-electron chi connectivity index (χ2n) is 9.34. The molecule has 9 heteroatoms. The lowest BCUT2D eigenvalue weighted by Crippen LogP contribution is -2.53. The Balaban J connectivity index is 2.00. The molecule has 0 saturated heterocycles. The Labute approximate surface area is 236 Å². The van der Waals surface area contributed by atoms with E-state index in [1.807, 2.05) is 51.1 Å². The van der Waals surface area contributed by atoms with Gasteiger partial charge in [0.25, 0.3) is 10.0 Å². The van der Waals surface area contributed by atoms with Crippen LogP contribution in [0.5, 0.6) is 0 Å². The lowest BCUT2D eigenvalue weighted by molar-refractivity contribution is -0.139. The maximum Gasteiger partial charge on any atom is 0.264 e. The van der Waals surface area contributed by atoms with E-state index in [1.165, 1.54) is 23.1 Å². The van der Waals surface area contributed by atoms with E-state index >= 15 is 0 Å². The summed E-state index contributed by atoms with van der Waals surface area (Å²) < 4.78 is 28.7. The van der Waals surface area contributed by atoms with Crippen molar-refractivity contribution in [2.75, 3.05) is 23.9 Å². The van der Waals surface area contributed by atoms with Crippen molar-refractivity contribution < 1.29 is 18.0 Å². The number of halogens is 1. The first-order valence-electron chi connectivity index (χ1n) is 13.1. The molecule has 0 radical (unpaired) electrons. The van der Waals surface area contributed by atoms with Gasteiger partial charge in [-0.3, -0.25) is 13.9 Å².